The standard InChI is InChI=1S/C14H16N2O4/c1-19-11-5-9(6-12(7-11)20-2)14-15-8-10(16-14)3-4-13(17)18/h5-8H,3-4H2,1-2H3,(H,15,16)(H,17,18). The number of nitrogens with zero attached hydrogens (tertiary/aromatic N) is 1. The molecule has 0 aliphatic rings. The number of aromatic amines is 1. The van der Waals surface area contributed by atoms with E-state index in [9.17, 15) is 4.79 Å². The first-order chi connectivity index (χ1) is 9.62. The number of aryl methyl sites for hydroxylation is 1. The molecule has 0 amide bonds. The Morgan fingerprint density at radius 1 is 1.25 bits per heavy atom. The second-order valence-corrected chi connectivity index (χ2v) is 4.25. The Morgan fingerprint density at radius 3 is 2.45 bits per heavy atom. The highest BCUT2D eigenvalue weighted by atomic mass is 16.5. The number of H-pyrrole nitrogens is 1. The van der Waals surface area contributed by atoms with Crippen molar-refractivity contribution in [1.29, 1.82) is 0 Å². The van der Waals surface area contributed by atoms with E-state index in [2.05, 4.69) is 9.97 Å². The van der Waals surface area contributed by atoms with Gasteiger partial charge in [-0.2, -0.15) is 0 Å². The number of ether oxygens (including phenoxy) is 2. The van der Waals surface area contributed by atoms with Crippen molar-refractivity contribution in [2.75, 3.05) is 14.2 Å². The molecular formula is C14H16N2O4. The van der Waals surface area contributed by atoms with Crippen molar-refractivity contribution in [1.82, 2.24) is 9.97 Å². The van der Waals surface area contributed by atoms with Crippen LogP contribution >= 0.6 is 0 Å². The lowest BCUT2D eigenvalue weighted by molar-refractivity contribution is -0.136. The fraction of sp³-hybridized carbons (Fsp3) is 0.286. The summed E-state index contributed by atoms with van der Waals surface area (Å²) in [6.45, 7) is 0. The first-order valence-electron chi connectivity index (χ1n) is 6.11. The molecule has 1 aromatic carbocycles. The van der Waals surface area contributed by atoms with E-state index in [1.807, 2.05) is 12.1 Å². The molecule has 2 aromatic rings. The van der Waals surface area contributed by atoms with Crippen LogP contribution in [-0.2, 0) is 11.2 Å². The number of carbonyl (C=O) groups is 1. The number of aromatic nitrogens is 2. The van der Waals surface area contributed by atoms with Crippen LogP contribution in [0.1, 0.15) is 12.1 Å². The van der Waals surface area contributed by atoms with Gasteiger partial charge in [0.2, 0.25) is 0 Å². The molecule has 2 N–H and O–H groups in total. The predicted octanol–water partition coefficient (Wildman–Crippen LogP) is 2.11. The average Bonchev–Trinajstić information content (AvgIpc) is 2.93. The third-order valence-corrected chi connectivity index (χ3v) is 2.86. The summed E-state index contributed by atoms with van der Waals surface area (Å²) in [6, 6.07) is 5.45. The van der Waals surface area contributed by atoms with E-state index in [1.54, 1.807) is 26.5 Å². The summed E-state index contributed by atoms with van der Waals surface area (Å²) >= 11 is 0. The van der Waals surface area contributed by atoms with Crippen LogP contribution in [0.15, 0.2) is 24.4 Å². The highest BCUT2D eigenvalue weighted by molar-refractivity contribution is 5.67. The summed E-state index contributed by atoms with van der Waals surface area (Å²) < 4.78 is 10.4. The zero-order chi connectivity index (χ0) is 14.5. The van der Waals surface area contributed by atoms with Crippen molar-refractivity contribution < 1.29 is 19.4 Å². The van der Waals surface area contributed by atoms with Crippen LogP contribution in [-0.4, -0.2) is 35.3 Å². The predicted molar refractivity (Wildman–Crippen MR) is 73.1 cm³/mol. The number of carboxylic acid groups (broad SMARTS) is 1. The Labute approximate surface area is 116 Å². The van der Waals surface area contributed by atoms with E-state index in [-0.39, 0.29) is 6.42 Å². The van der Waals surface area contributed by atoms with Gasteiger partial charge in [-0.05, 0) is 18.6 Å². The number of hydrogen-bond donors (Lipinski definition) is 2. The van der Waals surface area contributed by atoms with Crippen molar-refractivity contribution in [2.24, 2.45) is 0 Å². The van der Waals surface area contributed by atoms with Gasteiger partial charge in [0.25, 0.3) is 0 Å². The van der Waals surface area contributed by atoms with Gasteiger partial charge in [-0.3, -0.25) is 4.79 Å². The Kier molecular flexibility index (Phi) is 4.24. The summed E-state index contributed by atoms with van der Waals surface area (Å²) in [5.41, 5.74) is 1.60. The lowest BCUT2D eigenvalue weighted by atomic mass is 10.2. The van der Waals surface area contributed by atoms with Crippen molar-refractivity contribution in [3.8, 4) is 22.9 Å². The normalized spacial score (nSPS) is 10.3. The van der Waals surface area contributed by atoms with E-state index in [1.165, 1.54) is 0 Å². The molecule has 0 saturated carbocycles. The van der Waals surface area contributed by atoms with E-state index in [4.69, 9.17) is 14.6 Å². The minimum Gasteiger partial charge on any atom is -0.497 e. The monoisotopic (exact) mass is 276 g/mol. The lowest BCUT2D eigenvalue weighted by Crippen LogP contribution is -1.97. The van der Waals surface area contributed by atoms with Gasteiger partial charge in [0, 0.05) is 23.5 Å². The van der Waals surface area contributed by atoms with Crippen LogP contribution in [0.5, 0.6) is 11.5 Å². The molecule has 0 radical (unpaired) electrons. The number of rotatable bonds is 6. The SMILES string of the molecule is COc1cc(OC)cc(-c2ncc(CCC(=O)O)[nH]2)c1. The zero-order valence-corrected chi connectivity index (χ0v) is 11.3. The third-order valence-electron chi connectivity index (χ3n) is 2.86. The smallest absolute Gasteiger partial charge is 0.303 e. The molecule has 1 aromatic heterocycles. The number of methoxy groups -OCH3 is 2. The molecule has 0 saturated heterocycles. The molecule has 0 spiro atoms. The Hall–Kier alpha value is -2.50. The third kappa shape index (κ3) is 3.28. The van der Waals surface area contributed by atoms with E-state index < -0.39 is 5.97 Å². The minimum atomic E-state index is -0.829. The molecule has 20 heavy (non-hydrogen) atoms. The highest BCUT2D eigenvalue weighted by Gasteiger charge is 2.08. The van der Waals surface area contributed by atoms with Crippen molar-refractivity contribution in [2.45, 2.75) is 12.8 Å². The minimum absolute atomic E-state index is 0.0725. The van der Waals surface area contributed by atoms with Crippen molar-refractivity contribution in [3.63, 3.8) is 0 Å². The summed E-state index contributed by atoms with van der Waals surface area (Å²) in [4.78, 5) is 17.9. The Bertz CT molecular complexity index is 585. The van der Waals surface area contributed by atoms with Gasteiger partial charge < -0.3 is 19.6 Å². The second kappa shape index (κ2) is 6.10. The fourth-order valence-corrected chi connectivity index (χ4v) is 1.82. The van der Waals surface area contributed by atoms with Gasteiger partial charge in [0.15, 0.2) is 0 Å². The number of carboxylic acids is 1. The van der Waals surface area contributed by atoms with Crippen molar-refractivity contribution >= 4 is 5.97 Å². The van der Waals surface area contributed by atoms with E-state index in [0.29, 0.717) is 23.7 Å². The molecular weight excluding hydrogens is 260 g/mol. The Balaban J connectivity index is 2.24. The van der Waals surface area contributed by atoms with Gasteiger partial charge >= 0.3 is 5.97 Å². The summed E-state index contributed by atoms with van der Waals surface area (Å²) in [5, 5.41) is 8.67. The number of benzene rings is 1. The molecule has 6 heteroatoms. The van der Waals surface area contributed by atoms with E-state index in [0.717, 1.165) is 11.3 Å². The second-order valence-electron chi connectivity index (χ2n) is 4.25. The largest absolute Gasteiger partial charge is 0.497 e. The summed E-state index contributed by atoms with van der Waals surface area (Å²) in [6.07, 6.45) is 2.14. The number of hydrogen-bond acceptors (Lipinski definition) is 4. The molecule has 0 unspecified atom stereocenters. The maximum atomic E-state index is 10.5. The number of aliphatic carboxylic acids is 1. The maximum absolute atomic E-state index is 10.5. The van der Waals surface area contributed by atoms with Crippen LogP contribution in [0.25, 0.3) is 11.4 Å². The molecule has 0 atom stereocenters. The highest BCUT2D eigenvalue weighted by Crippen LogP contribution is 2.28. The molecule has 0 aliphatic heterocycles. The van der Waals surface area contributed by atoms with Crippen LogP contribution < -0.4 is 9.47 Å². The van der Waals surface area contributed by atoms with Gasteiger partial charge in [0.1, 0.15) is 17.3 Å². The lowest BCUT2D eigenvalue weighted by Gasteiger charge is -2.06. The van der Waals surface area contributed by atoms with E-state index >= 15 is 0 Å². The molecule has 0 fully saturated rings. The molecule has 1 heterocycles. The molecule has 2 rings (SSSR count). The van der Waals surface area contributed by atoms with Crippen LogP contribution in [0.2, 0.25) is 0 Å². The van der Waals surface area contributed by atoms with Crippen LogP contribution in [0, 0.1) is 0 Å². The molecule has 6 nitrogen and oxygen atoms in total. The molecule has 0 aliphatic carbocycles. The average molecular weight is 276 g/mol. The molecule has 0 bridgehead atoms. The quantitative estimate of drug-likeness (QED) is 0.844. The van der Waals surface area contributed by atoms with Gasteiger partial charge in [-0.25, -0.2) is 4.98 Å². The van der Waals surface area contributed by atoms with Crippen LogP contribution in [0.4, 0.5) is 0 Å². The van der Waals surface area contributed by atoms with Crippen molar-refractivity contribution in [3.05, 3.63) is 30.1 Å². The fourth-order valence-electron chi connectivity index (χ4n) is 1.82. The maximum Gasteiger partial charge on any atom is 0.303 e. The van der Waals surface area contributed by atoms with Gasteiger partial charge in [0.05, 0.1) is 20.6 Å². The van der Waals surface area contributed by atoms with Crippen LogP contribution in [0.3, 0.4) is 0 Å². The first-order valence-corrected chi connectivity index (χ1v) is 6.11. The van der Waals surface area contributed by atoms with Gasteiger partial charge in [-0.15, -0.1) is 0 Å². The first kappa shape index (κ1) is 13.9. The topological polar surface area (TPSA) is 84.4 Å². The summed E-state index contributed by atoms with van der Waals surface area (Å²) in [5.74, 6) is 1.16. The summed E-state index contributed by atoms with van der Waals surface area (Å²) in [7, 11) is 3.16. The number of imidazole rings is 1. The molecule has 106 valence electrons. The Morgan fingerprint density at radius 2 is 1.90 bits per heavy atom. The number of nitrogens with one attached hydrogen (secondary N) is 1. The van der Waals surface area contributed by atoms with Gasteiger partial charge in [-0.1, -0.05) is 0 Å². The zero-order valence-electron chi connectivity index (χ0n) is 11.3.